The largest absolute Gasteiger partial charge is 0.491 e. The second-order valence-corrected chi connectivity index (χ2v) is 18.1. The molecular weight excluding hydrogens is 865 g/mol. The SMILES string of the molecule is CCS(=O)(=O)Nc1ccc(Oc2cccc(OCCOCCOCCOCCOCCOCCOCCOC3CCN(C(=O)OC(C)(C)C)CC3)c2)c(-c2cn(C)c(=O)c3[nH]ccc23)c1. The van der Waals surface area contributed by atoms with Gasteiger partial charge in [-0.2, -0.15) is 0 Å². The van der Waals surface area contributed by atoms with E-state index in [1.54, 1.807) is 67.7 Å². The van der Waals surface area contributed by atoms with E-state index in [1.807, 2.05) is 32.9 Å². The number of carbonyl (C=O) groups excluding carboxylic acids is 1. The Balaban J connectivity index is 0.856. The maximum atomic E-state index is 12.8. The van der Waals surface area contributed by atoms with E-state index in [9.17, 15) is 18.0 Å². The van der Waals surface area contributed by atoms with Crippen LogP contribution in [0, 0.1) is 0 Å². The molecule has 0 radical (unpaired) electrons. The molecule has 1 amide bonds. The Morgan fingerprint density at radius 1 is 0.754 bits per heavy atom. The molecule has 0 saturated carbocycles. The number of ether oxygens (including phenoxy) is 10. The Kier molecular flexibility index (Phi) is 20.8. The number of rotatable bonds is 29. The minimum Gasteiger partial charge on any atom is -0.491 e. The Hall–Kier alpha value is -4.73. The third-order valence-electron chi connectivity index (χ3n) is 9.88. The molecule has 3 heterocycles. The van der Waals surface area contributed by atoms with Gasteiger partial charge in [0.25, 0.3) is 5.56 Å². The van der Waals surface area contributed by atoms with Crippen LogP contribution in [0.1, 0.15) is 40.5 Å². The molecule has 65 heavy (non-hydrogen) atoms. The zero-order valence-electron chi connectivity index (χ0n) is 38.3. The van der Waals surface area contributed by atoms with Gasteiger partial charge in [0, 0.05) is 60.8 Å². The van der Waals surface area contributed by atoms with Crippen molar-refractivity contribution in [3.05, 3.63) is 71.3 Å². The van der Waals surface area contributed by atoms with E-state index in [0.717, 1.165) is 12.8 Å². The second-order valence-electron chi connectivity index (χ2n) is 16.1. The molecule has 18 nitrogen and oxygen atoms in total. The Bertz CT molecular complexity index is 2220. The Morgan fingerprint density at radius 3 is 1.91 bits per heavy atom. The van der Waals surface area contributed by atoms with Gasteiger partial charge < -0.3 is 61.8 Å². The fourth-order valence-corrected chi connectivity index (χ4v) is 7.24. The van der Waals surface area contributed by atoms with Crippen molar-refractivity contribution >= 4 is 32.7 Å². The van der Waals surface area contributed by atoms with Crippen LogP contribution in [-0.4, -0.2) is 152 Å². The predicted molar refractivity (Wildman–Crippen MR) is 246 cm³/mol. The van der Waals surface area contributed by atoms with E-state index in [1.165, 1.54) is 4.57 Å². The van der Waals surface area contributed by atoms with E-state index in [4.69, 9.17) is 47.4 Å². The predicted octanol–water partition coefficient (Wildman–Crippen LogP) is 5.98. The minimum absolute atomic E-state index is 0.0822. The lowest BCUT2D eigenvalue weighted by Crippen LogP contribution is -2.43. The molecule has 5 rings (SSSR count). The van der Waals surface area contributed by atoms with E-state index in [0.29, 0.717) is 151 Å². The lowest BCUT2D eigenvalue weighted by molar-refractivity contribution is -0.0402. The number of aromatic nitrogens is 2. The number of sulfonamides is 1. The van der Waals surface area contributed by atoms with Crippen LogP contribution in [0.15, 0.2) is 65.7 Å². The summed E-state index contributed by atoms with van der Waals surface area (Å²) in [4.78, 5) is 29.7. The summed E-state index contributed by atoms with van der Waals surface area (Å²) >= 11 is 0. The van der Waals surface area contributed by atoms with Crippen molar-refractivity contribution in [2.24, 2.45) is 7.05 Å². The Labute approximate surface area is 381 Å². The number of nitrogens with one attached hydrogen (secondary N) is 2. The summed E-state index contributed by atoms with van der Waals surface area (Å²) in [5, 5.41) is 0.676. The smallest absolute Gasteiger partial charge is 0.410 e. The third-order valence-corrected chi connectivity index (χ3v) is 11.2. The van der Waals surface area contributed by atoms with E-state index in [2.05, 4.69) is 9.71 Å². The molecular formula is C46H66N4O14S. The monoisotopic (exact) mass is 930 g/mol. The molecule has 2 N–H and O–H groups in total. The van der Waals surface area contributed by atoms with E-state index >= 15 is 0 Å². The Morgan fingerprint density at radius 2 is 1.32 bits per heavy atom. The third kappa shape index (κ3) is 17.9. The van der Waals surface area contributed by atoms with Gasteiger partial charge in [-0.25, -0.2) is 13.2 Å². The zero-order chi connectivity index (χ0) is 46.5. The summed E-state index contributed by atoms with van der Waals surface area (Å²) in [5.41, 5.74) is 1.39. The molecule has 0 unspecified atom stereocenters. The first kappa shape index (κ1) is 51.3. The number of benzene rings is 2. The maximum absolute atomic E-state index is 12.8. The molecule has 2 aromatic carbocycles. The fraction of sp³-hybridized carbons (Fsp3) is 0.565. The van der Waals surface area contributed by atoms with Crippen molar-refractivity contribution in [1.29, 1.82) is 0 Å². The van der Waals surface area contributed by atoms with Gasteiger partial charge in [-0.1, -0.05) is 6.07 Å². The summed E-state index contributed by atoms with van der Waals surface area (Å²) in [6, 6.07) is 14.0. The van der Waals surface area contributed by atoms with Crippen LogP contribution in [0.4, 0.5) is 10.5 Å². The van der Waals surface area contributed by atoms with Crippen LogP contribution in [-0.2, 0) is 55.0 Å². The molecule has 1 aliphatic rings. The molecule has 0 bridgehead atoms. The molecule has 19 heteroatoms. The van der Waals surface area contributed by atoms with E-state index in [-0.39, 0.29) is 23.5 Å². The normalized spacial score (nSPS) is 13.6. The van der Waals surface area contributed by atoms with Crippen molar-refractivity contribution in [3.8, 4) is 28.4 Å². The highest BCUT2D eigenvalue weighted by Crippen LogP contribution is 2.39. The maximum Gasteiger partial charge on any atom is 0.410 e. The van der Waals surface area contributed by atoms with Crippen LogP contribution < -0.4 is 19.8 Å². The van der Waals surface area contributed by atoms with Gasteiger partial charge >= 0.3 is 6.09 Å². The first-order valence-corrected chi connectivity index (χ1v) is 23.8. The highest BCUT2D eigenvalue weighted by molar-refractivity contribution is 7.92. The summed E-state index contributed by atoms with van der Waals surface area (Å²) < 4.78 is 85.9. The average molecular weight is 931 g/mol. The van der Waals surface area contributed by atoms with Gasteiger partial charge in [0.1, 0.15) is 35.0 Å². The number of anilines is 1. The number of aromatic amines is 1. The standard InChI is InChI=1S/C46H66N4O14S/c1-6-65(53,54)48-35-10-11-42(40(32-35)41-34-49(5)44(51)43-39(41)12-15-47-43)63-38-9-7-8-37(33-38)62-31-29-60-27-25-58-23-21-56-19-18-55-20-22-57-24-26-59-28-30-61-36-13-16-50(17-14-36)45(52)64-46(2,3)4/h7-12,15,32-34,36,47-48H,6,13-14,16-31H2,1-5H3. The second kappa shape index (κ2) is 26.4. The van der Waals surface area contributed by atoms with Crippen molar-refractivity contribution in [3.63, 3.8) is 0 Å². The number of carbonyl (C=O) groups is 1. The van der Waals surface area contributed by atoms with Crippen molar-refractivity contribution in [2.45, 2.75) is 52.2 Å². The average Bonchev–Trinajstić information content (AvgIpc) is 3.78. The quantitative estimate of drug-likeness (QED) is 0.0604. The summed E-state index contributed by atoms with van der Waals surface area (Å²) in [7, 11) is -1.88. The number of hydrogen-bond acceptors (Lipinski definition) is 14. The number of nitrogens with zero attached hydrogens (tertiary/aromatic N) is 2. The molecule has 0 atom stereocenters. The van der Waals surface area contributed by atoms with Crippen LogP contribution in [0.5, 0.6) is 17.2 Å². The molecule has 2 aromatic heterocycles. The summed E-state index contributed by atoms with van der Waals surface area (Å²) in [6.07, 6.45) is 4.82. The number of piperidine rings is 1. The molecule has 1 fully saturated rings. The first-order chi connectivity index (χ1) is 31.3. The number of H-pyrrole nitrogens is 1. The van der Waals surface area contributed by atoms with Gasteiger partial charge in [-0.05, 0) is 76.9 Å². The van der Waals surface area contributed by atoms with Crippen LogP contribution in [0.3, 0.4) is 0 Å². The molecule has 0 spiro atoms. The minimum atomic E-state index is -3.54. The van der Waals surface area contributed by atoms with E-state index < -0.39 is 15.6 Å². The summed E-state index contributed by atoms with van der Waals surface area (Å²) in [5.74, 6) is 1.45. The number of likely N-dealkylation sites (tertiary alicyclic amines) is 1. The van der Waals surface area contributed by atoms with Crippen LogP contribution in [0.2, 0.25) is 0 Å². The van der Waals surface area contributed by atoms with Gasteiger partial charge in [0.05, 0.1) is 97.7 Å². The van der Waals surface area contributed by atoms with Gasteiger partial charge in [0.15, 0.2) is 0 Å². The summed E-state index contributed by atoms with van der Waals surface area (Å²) in [6.45, 7) is 14.6. The van der Waals surface area contributed by atoms with Crippen molar-refractivity contribution in [2.75, 3.05) is 116 Å². The molecule has 0 aliphatic carbocycles. The van der Waals surface area contributed by atoms with Gasteiger partial charge in [-0.3, -0.25) is 9.52 Å². The highest BCUT2D eigenvalue weighted by Gasteiger charge is 2.27. The number of hydrogen-bond donors (Lipinski definition) is 2. The first-order valence-electron chi connectivity index (χ1n) is 22.1. The van der Waals surface area contributed by atoms with Gasteiger partial charge in [0.2, 0.25) is 10.0 Å². The lowest BCUT2D eigenvalue weighted by atomic mass is 10.0. The van der Waals surface area contributed by atoms with Crippen molar-refractivity contribution < 1.29 is 60.6 Å². The fourth-order valence-electron chi connectivity index (χ4n) is 6.61. The molecule has 360 valence electrons. The van der Waals surface area contributed by atoms with Crippen LogP contribution in [0.25, 0.3) is 22.0 Å². The van der Waals surface area contributed by atoms with Gasteiger partial charge in [-0.15, -0.1) is 0 Å². The number of fused-ring (bicyclic) bond motifs is 1. The molecule has 4 aromatic rings. The molecule has 1 aliphatic heterocycles. The zero-order valence-corrected chi connectivity index (χ0v) is 39.1. The molecule has 1 saturated heterocycles. The number of pyridine rings is 1. The van der Waals surface area contributed by atoms with Crippen LogP contribution >= 0.6 is 0 Å². The lowest BCUT2D eigenvalue weighted by Gasteiger charge is -2.33. The van der Waals surface area contributed by atoms with Crippen molar-refractivity contribution in [1.82, 2.24) is 14.5 Å². The highest BCUT2D eigenvalue weighted by atomic mass is 32.2. The number of amides is 1. The number of aryl methyl sites for hydroxylation is 1. The topological polar surface area (TPSA) is 197 Å².